The van der Waals surface area contributed by atoms with Crippen LogP contribution in [0.1, 0.15) is 25.0 Å². The molecule has 4 nitrogen and oxygen atoms in total. The third-order valence-corrected chi connectivity index (χ3v) is 3.53. The van der Waals surface area contributed by atoms with Crippen molar-refractivity contribution < 1.29 is 9.53 Å². The number of nitrogens with one attached hydrogen (secondary N) is 1. The van der Waals surface area contributed by atoms with E-state index in [1.165, 1.54) is 0 Å². The van der Waals surface area contributed by atoms with Crippen molar-refractivity contribution in [3.63, 3.8) is 0 Å². The van der Waals surface area contributed by atoms with Gasteiger partial charge < -0.3 is 10.1 Å². The Morgan fingerprint density at radius 3 is 2.57 bits per heavy atom. The smallest absolute Gasteiger partial charge is 0.265 e. The summed E-state index contributed by atoms with van der Waals surface area (Å²) >= 11 is 0. The molecule has 0 saturated carbocycles. The fraction of sp³-hybridized carbons (Fsp3) is 0.263. The van der Waals surface area contributed by atoms with Crippen molar-refractivity contribution in [3.05, 3.63) is 59.7 Å². The molecular weight excluding hydrogens is 288 g/mol. The van der Waals surface area contributed by atoms with Crippen LogP contribution in [-0.4, -0.2) is 12.0 Å². The number of amides is 1. The van der Waals surface area contributed by atoms with E-state index >= 15 is 0 Å². The van der Waals surface area contributed by atoms with Crippen molar-refractivity contribution >= 4 is 11.6 Å². The van der Waals surface area contributed by atoms with E-state index in [1.54, 1.807) is 19.1 Å². The average Bonchev–Trinajstić information content (AvgIpc) is 2.57. The molecule has 0 aliphatic heterocycles. The second kappa shape index (κ2) is 8.00. The normalized spacial score (nSPS) is 11.3. The van der Waals surface area contributed by atoms with Gasteiger partial charge in [-0.25, -0.2) is 0 Å². The highest BCUT2D eigenvalue weighted by molar-refractivity contribution is 5.94. The van der Waals surface area contributed by atoms with Gasteiger partial charge in [-0.15, -0.1) is 0 Å². The van der Waals surface area contributed by atoms with E-state index in [-0.39, 0.29) is 5.91 Å². The summed E-state index contributed by atoms with van der Waals surface area (Å²) in [7, 11) is 0. The number of anilines is 1. The zero-order valence-electron chi connectivity index (χ0n) is 13.4. The van der Waals surface area contributed by atoms with Gasteiger partial charge in [0.05, 0.1) is 12.5 Å². The fourth-order valence-electron chi connectivity index (χ4n) is 2.20. The van der Waals surface area contributed by atoms with Crippen LogP contribution in [0.4, 0.5) is 5.69 Å². The van der Waals surface area contributed by atoms with Gasteiger partial charge in [0, 0.05) is 5.69 Å². The molecule has 2 aromatic rings. The molecule has 0 fully saturated rings. The number of benzene rings is 2. The van der Waals surface area contributed by atoms with Gasteiger partial charge in [-0.05, 0) is 42.7 Å². The van der Waals surface area contributed by atoms with Crippen LogP contribution in [0.15, 0.2) is 48.5 Å². The number of ether oxygens (including phenoxy) is 1. The lowest BCUT2D eigenvalue weighted by molar-refractivity contribution is -0.122. The first-order chi connectivity index (χ1) is 11.1. The SMILES string of the molecule is CCc1ccccc1OC(C)C(=O)Nc1ccc(CC#N)cc1. The summed E-state index contributed by atoms with van der Waals surface area (Å²) in [6, 6.07) is 17.1. The van der Waals surface area contributed by atoms with Crippen LogP contribution in [0.2, 0.25) is 0 Å². The Bertz CT molecular complexity index is 702. The van der Waals surface area contributed by atoms with Crippen molar-refractivity contribution in [2.24, 2.45) is 0 Å². The maximum Gasteiger partial charge on any atom is 0.265 e. The molecule has 118 valence electrons. The van der Waals surface area contributed by atoms with Crippen molar-refractivity contribution in [2.45, 2.75) is 32.8 Å². The van der Waals surface area contributed by atoms with Gasteiger partial charge >= 0.3 is 0 Å². The zero-order valence-corrected chi connectivity index (χ0v) is 13.4. The van der Waals surface area contributed by atoms with Crippen LogP contribution in [-0.2, 0) is 17.6 Å². The molecule has 1 N–H and O–H groups in total. The lowest BCUT2D eigenvalue weighted by Gasteiger charge is -2.17. The predicted molar refractivity (Wildman–Crippen MR) is 90.3 cm³/mol. The number of carbonyl (C=O) groups excluding carboxylic acids is 1. The second-order valence-corrected chi connectivity index (χ2v) is 5.24. The molecule has 2 rings (SSSR count). The van der Waals surface area contributed by atoms with Crippen LogP contribution in [0, 0.1) is 11.3 Å². The van der Waals surface area contributed by atoms with Crippen LogP contribution >= 0.6 is 0 Å². The molecule has 0 aliphatic rings. The van der Waals surface area contributed by atoms with E-state index in [1.807, 2.05) is 36.4 Å². The van der Waals surface area contributed by atoms with Crippen LogP contribution < -0.4 is 10.1 Å². The summed E-state index contributed by atoms with van der Waals surface area (Å²) in [6.45, 7) is 3.78. The summed E-state index contributed by atoms with van der Waals surface area (Å²) in [5.74, 6) is 0.533. The van der Waals surface area contributed by atoms with Crippen LogP contribution in [0.25, 0.3) is 0 Å². The summed E-state index contributed by atoms with van der Waals surface area (Å²) < 4.78 is 5.78. The number of aryl methyl sites for hydroxylation is 1. The van der Waals surface area contributed by atoms with Crippen molar-refractivity contribution in [3.8, 4) is 11.8 Å². The molecule has 0 spiro atoms. The van der Waals surface area contributed by atoms with E-state index in [9.17, 15) is 4.79 Å². The van der Waals surface area contributed by atoms with Crippen molar-refractivity contribution in [2.75, 3.05) is 5.32 Å². The molecule has 0 aromatic heterocycles. The Labute approximate surface area is 136 Å². The van der Waals surface area contributed by atoms with E-state index in [4.69, 9.17) is 10.00 Å². The topological polar surface area (TPSA) is 62.1 Å². The summed E-state index contributed by atoms with van der Waals surface area (Å²) in [5, 5.41) is 11.5. The minimum Gasteiger partial charge on any atom is -0.481 e. The van der Waals surface area contributed by atoms with Gasteiger partial charge in [0.15, 0.2) is 6.10 Å². The summed E-state index contributed by atoms with van der Waals surface area (Å²) in [4.78, 5) is 12.2. The standard InChI is InChI=1S/C19H20N2O2/c1-3-16-6-4-5-7-18(16)23-14(2)19(22)21-17-10-8-15(9-11-17)12-13-20/h4-11,14H,3,12H2,1-2H3,(H,21,22). The molecule has 23 heavy (non-hydrogen) atoms. The first-order valence-corrected chi connectivity index (χ1v) is 7.65. The highest BCUT2D eigenvalue weighted by atomic mass is 16.5. The molecule has 0 radical (unpaired) electrons. The number of nitrogens with zero attached hydrogens (tertiary/aromatic N) is 1. The number of hydrogen-bond acceptors (Lipinski definition) is 3. The molecule has 2 aromatic carbocycles. The molecule has 4 heteroatoms. The van der Waals surface area contributed by atoms with Gasteiger partial charge in [-0.1, -0.05) is 37.3 Å². The fourth-order valence-corrected chi connectivity index (χ4v) is 2.20. The van der Waals surface area contributed by atoms with E-state index in [2.05, 4.69) is 18.3 Å². The number of rotatable bonds is 6. The Morgan fingerprint density at radius 1 is 1.22 bits per heavy atom. The zero-order chi connectivity index (χ0) is 16.7. The monoisotopic (exact) mass is 308 g/mol. The summed E-state index contributed by atoms with van der Waals surface area (Å²) in [5.41, 5.74) is 2.69. The van der Waals surface area contributed by atoms with Crippen LogP contribution in [0.5, 0.6) is 5.75 Å². The average molecular weight is 308 g/mol. The predicted octanol–water partition coefficient (Wildman–Crippen LogP) is 3.72. The van der Waals surface area contributed by atoms with Crippen molar-refractivity contribution in [1.29, 1.82) is 5.26 Å². The molecule has 0 bridgehead atoms. The molecule has 1 atom stereocenters. The van der Waals surface area contributed by atoms with Gasteiger partial charge in [0.2, 0.25) is 0 Å². The first kappa shape index (κ1) is 16.6. The van der Waals surface area contributed by atoms with Gasteiger partial charge in [0.1, 0.15) is 5.75 Å². The van der Waals surface area contributed by atoms with Gasteiger partial charge in [-0.2, -0.15) is 5.26 Å². The van der Waals surface area contributed by atoms with Crippen LogP contribution in [0.3, 0.4) is 0 Å². The highest BCUT2D eigenvalue weighted by Crippen LogP contribution is 2.20. The Kier molecular flexibility index (Phi) is 5.76. The van der Waals surface area contributed by atoms with Crippen molar-refractivity contribution in [1.82, 2.24) is 0 Å². The highest BCUT2D eigenvalue weighted by Gasteiger charge is 2.16. The first-order valence-electron chi connectivity index (χ1n) is 7.65. The minimum atomic E-state index is -0.596. The minimum absolute atomic E-state index is 0.205. The largest absolute Gasteiger partial charge is 0.481 e. The van der Waals surface area contributed by atoms with Gasteiger partial charge in [-0.3, -0.25) is 4.79 Å². The van der Waals surface area contributed by atoms with E-state index in [0.717, 1.165) is 23.3 Å². The maximum atomic E-state index is 12.2. The number of carbonyl (C=O) groups is 1. The Balaban J connectivity index is 1.98. The van der Waals surface area contributed by atoms with Gasteiger partial charge in [0.25, 0.3) is 5.91 Å². The number of para-hydroxylation sites is 1. The quantitative estimate of drug-likeness (QED) is 0.884. The second-order valence-electron chi connectivity index (χ2n) is 5.24. The Morgan fingerprint density at radius 2 is 1.91 bits per heavy atom. The third kappa shape index (κ3) is 4.58. The van der Waals surface area contributed by atoms with E-state index in [0.29, 0.717) is 12.1 Å². The number of hydrogen-bond donors (Lipinski definition) is 1. The molecule has 1 amide bonds. The molecule has 1 unspecified atom stereocenters. The maximum absolute atomic E-state index is 12.2. The molecular formula is C19H20N2O2. The number of nitriles is 1. The molecule has 0 heterocycles. The summed E-state index contributed by atoms with van der Waals surface area (Å²) in [6.07, 6.45) is 0.619. The lowest BCUT2D eigenvalue weighted by atomic mass is 10.1. The molecule has 0 aliphatic carbocycles. The third-order valence-electron chi connectivity index (χ3n) is 3.53. The lowest BCUT2D eigenvalue weighted by Crippen LogP contribution is -2.30. The molecule has 0 saturated heterocycles. The Hall–Kier alpha value is -2.80. The van der Waals surface area contributed by atoms with E-state index < -0.39 is 6.10 Å².